The molecule has 1 unspecified atom stereocenters. The molecule has 0 fully saturated rings. The van der Waals surface area contributed by atoms with Crippen LogP contribution in [-0.4, -0.2) is 26.1 Å². The predicted octanol–water partition coefficient (Wildman–Crippen LogP) is 2.03. The molecule has 0 radical (unpaired) electrons. The molecule has 1 atom stereocenters. The summed E-state index contributed by atoms with van der Waals surface area (Å²) in [7, 11) is 0. The number of rotatable bonds is 4. The van der Waals surface area contributed by atoms with Gasteiger partial charge in [0.15, 0.2) is 17.6 Å². The number of nitrogen functional groups attached to an aromatic ring is 1. The number of hydrogen-bond donors (Lipinski definition) is 1. The van der Waals surface area contributed by atoms with E-state index in [4.69, 9.17) is 14.9 Å². The van der Waals surface area contributed by atoms with Crippen molar-refractivity contribution in [1.29, 1.82) is 0 Å². The van der Waals surface area contributed by atoms with Crippen molar-refractivity contribution in [2.45, 2.75) is 13.0 Å². The Balaban J connectivity index is 1.74. The molecule has 2 aromatic heterocycles. The van der Waals surface area contributed by atoms with Crippen LogP contribution in [0.25, 0.3) is 11.5 Å². The quantitative estimate of drug-likeness (QED) is 0.727. The molecule has 2 N–H and O–H groups in total. The average Bonchev–Trinajstić information content (AvgIpc) is 3.06. The van der Waals surface area contributed by atoms with Crippen LogP contribution in [0.4, 0.5) is 5.82 Å². The molecule has 23 heavy (non-hydrogen) atoms. The molecule has 2 heterocycles. The van der Waals surface area contributed by atoms with Crippen LogP contribution in [0.1, 0.15) is 29.4 Å². The number of benzene rings is 1. The number of ether oxygens (including phenoxy) is 1. The SMILES string of the molecule is CC(OC(=O)c1nccnc1N)c1nnc(-c2ccccc2)o1. The molecule has 0 spiro atoms. The van der Waals surface area contributed by atoms with E-state index in [9.17, 15) is 4.79 Å². The second-order valence-electron chi connectivity index (χ2n) is 4.65. The second-order valence-corrected chi connectivity index (χ2v) is 4.65. The first-order valence-corrected chi connectivity index (χ1v) is 6.81. The molecule has 1 aromatic carbocycles. The minimum absolute atomic E-state index is 0.000189. The Morgan fingerprint density at radius 2 is 1.91 bits per heavy atom. The molecule has 0 saturated heterocycles. The number of aromatic nitrogens is 4. The first-order valence-electron chi connectivity index (χ1n) is 6.81. The molecule has 8 nitrogen and oxygen atoms in total. The fourth-order valence-electron chi connectivity index (χ4n) is 1.87. The van der Waals surface area contributed by atoms with Crippen LogP contribution in [0.15, 0.2) is 47.1 Å². The lowest BCUT2D eigenvalue weighted by molar-refractivity contribution is 0.0274. The molecule has 0 aliphatic carbocycles. The van der Waals surface area contributed by atoms with Gasteiger partial charge in [-0.25, -0.2) is 14.8 Å². The van der Waals surface area contributed by atoms with E-state index in [2.05, 4.69) is 20.2 Å². The Morgan fingerprint density at radius 3 is 2.65 bits per heavy atom. The van der Waals surface area contributed by atoms with Gasteiger partial charge >= 0.3 is 5.97 Å². The maximum atomic E-state index is 12.0. The Labute approximate surface area is 131 Å². The summed E-state index contributed by atoms with van der Waals surface area (Å²) in [5.74, 6) is -0.176. The van der Waals surface area contributed by atoms with Crippen molar-refractivity contribution in [2.75, 3.05) is 5.73 Å². The lowest BCUT2D eigenvalue weighted by atomic mass is 10.2. The minimum Gasteiger partial charge on any atom is -0.448 e. The van der Waals surface area contributed by atoms with E-state index in [0.717, 1.165) is 5.56 Å². The van der Waals surface area contributed by atoms with Crippen molar-refractivity contribution in [3.63, 3.8) is 0 Å². The number of nitrogens with two attached hydrogens (primary N) is 1. The smallest absolute Gasteiger partial charge is 0.361 e. The van der Waals surface area contributed by atoms with Crippen LogP contribution in [0.3, 0.4) is 0 Å². The van der Waals surface area contributed by atoms with E-state index in [1.807, 2.05) is 30.3 Å². The molecule has 3 aromatic rings. The van der Waals surface area contributed by atoms with Gasteiger partial charge in [-0.05, 0) is 19.1 Å². The van der Waals surface area contributed by atoms with Gasteiger partial charge in [-0.1, -0.05) is 18.2 Å². The molecule has 0 saturated carbocycles. The summed E-state index contributed by atoms with van der Waals surface area (Å²) in [4.78, 5) is 19.7. The fraction of sp³-hybridized carbons (Fsp3) is 0.133. The van der Waals surface area contributed by atoms with Gasteiger partial charge in [0.05, 0.1) is 0 Å². The molecular formula is C15H13N5O3. The highest BCUT2D eigenvalue weighted by Crippen LogP contribution is 2.23. The van der Waals surface area contributed by atoms with E-state index in [0.29, 0.717) is 5.89 Å². The predicted molar refractivity (Wildman–Crippen MR) is 80.0 cm³/mol. The molecule has 0 bridgehead atoms. The molecule has 116 valence electrons. The van der Waals surface area contributed by atoms with E-state index in [1.165, 1.54) is 12.4 Å². The fourth-order valence-corrected chi connectivity index (χ4v) is 1.87. The molecule has 3 rings (SSSR count). The number of hydrogen-bond acceptors (Lipinski definition) is 8. The number of esters is 1. The Kier molecular flexibility index (Phi) is 3.96. The van der Waals surface area contributed by atoms with Gasteiger partial charge in [0.2, 0.25) is 5.89 Å². The normalized spacial score (nSPS) is 11.9. The highest BCUT2D eigenvalue weighted by Gasteiger charge is 2.22. The third-order valence-electron chi connectivity index (χ3n) is 3.01. The maximum absolute atomic E-state index is 12.0. The summed E-state index contributed by atoms with van der Waals surface area (Å²) in [6.45, 7) is 1.62. The van der Waals surface area contributed by atoms with E-state index in [-0.39, 0.29) is 17.4 Å². The summed E-state index contributed by atoms with van der Waals surface area (Å²) in [6, 6.07) is 9.29. The summed E-state index contributed by atoms with van der Waals surface area (Å²) in [5, 5.41) is 7.84. The molecule has 0 aliphatic heterocycles. The van der Waals surface area contributed by atoms with E-state index >= 15 is 0 Å². The third kappa shape index (κ3) is 3.15. The van der Waals surface area contributed by atoms with Crippen LogP contribution in [0.5, 0.6) is 0 Å². The van der Waals surface area contributed by atoms with Crippen molar-refractivity contribution in [2.24, 2.45) is 0 Å². The monoisotopic (exact) mass is 311 g/mol. The van der Waals surface area contributed by atoms with E-state index < -0.39 is 12.1 Å². The lowest BCUT2D eigenvalue weighted by Crippen LogP contribution is -2.14. The lowest BCUT2D eigenvalue weighted by Gasteiger charge is -2.09. The molecule has 0 amide bonds. The zero-order valence-electron chi connectivity index (χ0n) is 12.2. The van der Waals surface area contributed by atoms with Gasteiger partial charge in [-0.2, -0.15) is 0 Å². The van der Waals surface area contributed by atoms with Gasteiger partial charge in [-0.15, -0.1) is 10.2 Å². The maximum Gasteiger partial charge on any atom is 0.361 e. The first kappa shape index (κ1) is 14.6. The van der Waals surface area contributed by atoms with Crippen LogP contribution >= 0.6 is 0 Å². The van der Waals surface area contributed by atoms with Crippen molar-refractivity contribution in [3.8, 4) is 11.5 Å². The highest BCUT2D eigenvalue weighted by atomic mass is 16.6. The Hall–Kier alpha value is -3.29. The topological polar surface area (TPSA) is 117 Å². The van der Waals surface area contributed by atoms with Gasteiger partial charge < -0.3 is 14.9 Å². The first-order chi connectivity index (χ1) is 11.1. The molecular weight excluding hydrogens is 298 g/mol. The minimum atomic E-state index is -0.742. The number of carbonyl (C=O) groups is 1. The number of carbonyl (C=O) groups excluding carboxylic acids is 1. The largest absolute Gasteiger partial charge is 0.448 e. The van der Waals surface area contributed by atoms with Gasteiger partial charge in [0.25, 0.3) is 5.89 Å². The number of nitrogens with zero attached hydrogens (tertiary/aromatic N) is 4. The van der Waals surface area contributed by atoms with Crippen LogP contribution in [-0.2, 0) is 4.74 Å². The van der Waals surface area contributed by atoms with Crippen molar-refractivity contribution >= 4 is 11.8 Å². The standard InChI is InChI=1S/C15H13N5O3/c1-9(22-15(21)11-12(16)18-8-7-17-11)13-19-20-14(23-13)10-5-3-2-4-6-10/h2-9H,1H3,(H2,16,18). The third-order valence-corrected chi connectivity index (χ3v) is 3.01. The molecule has 8 heteroatoms. The Morgan fingerprint density at radius 1 is 1.17 bits per heavy atom. The van der Waals surface area contributed by atoms with Crippen LogP contribution in [0, 0.1) is 0 Å². The number of anilines is 1. The van der Waals surface area contributed by atoms with Crippen molar-refractivity contribution in [1.82, 2.24) is 20.2 Å². The Bertz CT molecular complexity index is 819. The van der Waals surface area contributed by atoms with Gasteiger partial charge in [-0.3, -0.25) is 0 Å². The van der Waals surface area contributed by atoms with Gasteiger partial charge in [0, 0.05) is 18.0 Å². The van der Waals surface area contributed by atoms with Crippen molar-refractivity contribution < 1.29 is 13.9 Å². The van der Waals surface area contributed by atoms with Crippen LogP contribution in [0.2, 0.25) is 0 Å². The summed E-state index contributed by atoms with van der Waals surface area (Å²) >= 11 is 0. The van der Waals surface area contributed by atoms with Gasteiger partial charge in [0.1, 0.15) is 0 Å². The zero-order valence-corrected chi connectivity index (χ0v) is 12.2. The van der Waals surface area contributed by atoms with Crippen LogP contribution < -0.4 is 5.73 Å². The van der Waals surface area contributed by atoms with E-state index in [1.54, 1.807) is 6.92 Å². The molecule has 0 aliphatic rings. The zero-order chi connectivity index (χ0) is 16.2. The van der Waals surface area contributed by atoms with Crippen molar-refractivity contribution in [3.05, 3.63) is 54.3 Å². The summed E-state index contributed by atoms with van der Waals surface area (Å²) < 4.78 is 10.8. The highest BCUT2D eigenvalue weighted by molar-refractivity contribution is 5.91. The second kappa shape index (κ2) is 6.22. The summed E-state index contributed by atoms with van der Waals surface area (Å²) in [5.41, 5.74) is 6.32. The average molecular weight is 311 g/mol. The summed E-state index contributed by atoms with van der Waals surface area (Å²) in [6.07, 6.45) is 2.01.